The minimum atomic E-state index is -0.911. The van der Waals surface area contributed by atoms with Crippen molar-refractivity contribution < 1.29 is 14.7 Å². The molecule has 0 aromatic carbocycles. The van der Waals surface area contributed by atoms with Crippen LogP contribution in [0.2, 0.25) is 0 Å². The normalized spacial score (nSPS) is 25.3. The molecule has 3 amide bonds. The summed E-state index contributed by atoms with van der Waals surface area (Å²) in [6.07, 6.45) is 4.59. The zero-order valence-corrected chi connectivity index (χ0v) is 19.8. The molecular weight excluding hydrogens is 454 g/mol. The van der Waals surface area contributed by atoms with Gasteiger partial charge in [-0.05, 0) is 51.4 Å². The zero-order valence-electron chi connectivity index (χ0n) is 19.8. The van der Waals surface area contributed by atoms with Gasteiger partial charge in [-0.1, -0.05) is 13.3 Å². The Morgan fingerprint density at radius 3 is 2.40 bits per heavy atom. The topological polar surface area (TPSA) is 187 Å². The molecule has 1 aliphatic heterocycles. The number of nitriles is 1. The van der Waals surface area contributed by atoms with Crippen molar-refractivity contribution in [2.45, 2.75) is 82.8 Å². The van der Waals surface area contributed by atoms with Crippen LogP contribution in [0.15, 0.2) is 9.59 Å². The predicted molar refractivity (Wildman–Crippen MR) is 125 cm³/mol. The summed E-state index contributed by atoms with van der Waals surface area (Å²) in [6.45, 7) is 2.21. The van der Waals surface area contributed by atoms with Crippen LogP contribution in [-0.2, 0) is 11.3 Å². The van der Waals surface area contributed by atoms with Crippen LogP contribution in [0.1, 0.15) is 76.3 Å². The van der Waals surface area contributed by atoms with E-state index in [1.807, 2.05) is 6.92 Å². The Morgan fingerprint density at radius 2 is 1.89 bits per heavy atom. The van der Waals surface area contributed by atoms with Crippen LogP contribution < -0.4 is 22.3 Å². The zero-order chi connectivity index (χ0) is 25.5. The van der Waals surface area contributed by atoms with Crippen molar-refractivity contribution in [3.63, 3.8) is 0 Å². The van der Waals surface area contributed by atoms with Gasteiger partial charge in [0.15, 0.2) is 0 Å². The number of unbranched alkanes of at least 4 members (excludes halogenated alkanes) is 1. The summed E-state index contributed by atoms with van der Waals surface area (Å²) < 4.78 is 2.13. The summed E-state index contributed by atoms with van der Waals surface area (Å²) in [5.74, 6) is -1.53. The molecule has 0 radical (unpaired) electrons. The lowest BCUT2D eigenvalue weighted by Gasteiger charge is -2.46. The Bertz CT molecular complexity index is 1230. The van der Waals surface area contributed by atoms with Gasteiger partial charge in [-0.3, -0.25) is 29.4 Å². The van der Waals surface area contributed by atoms with Crippen LogP contribution >= 0.6 is 0 Å². The largest absolute Gasteiger partial charge is 0.494 e. The number of nitrogen functional groups attached to an aromatic ring is 1. The highest BCUT2D eigenvalue weighted by atomic mass is 16.3. The van der Waals surface area contributed by atoms with E-state index < -0.39 is 51.6 Å². The van der Waals surface area contributed by atoms with E-state index in [-0.39, 0.29) is 19.0 Å². The van der Waals surface area contributed by atoms with E-state index in [0.717, 1.165) is 22.0 Å². The van der Waals surface area contributed by atoms with Gasteiger partial charge >= 0.3 is 11.7 Å². The van der Waals surface area contributed by atoms with Crippen molar-refractivity contribution >= 4 is 17.8 Å². The first-order valence-corrected chi connectivity index (χ1v) is 12.1. The number of amides is 3. The number of nitrogens with two attached hydrogens (primary N) is 1. The fourth-order valence-electron chi connectivity index (χ4n) is 5.58. The number of imide groups is 1. The first-order chi connectivity index (χ1) is 16.6. The number of aromatic hydroxyl groups is 1. The van der Waals surface area contributed by atoms with Crippen molar-refractivity contribution in [2.75, 3.05) is 6.54 Å². The molecule has 1 spiro atoms. The highest BCUT2D eigenvalue weighted by molar-refractivity contribution is 6.07. The maximum atomic E-state index is 13.2. The fraction of sp³-hybridized carbons (Fsp3) is 0.652. The van der Waals surface area contributed by atoms with Gasteiger partial charge in [-0.2, -0.15) is 5.26 Å². The third-order valence-corrected chi connectivity index (χ3v) is 7.91. The monoisotopic (exact) mass is 485 g/mol. The highest BCUT2D eigenvalue weighted by Crippen LogP contribution is 2.46. The number of nitrogens with one attached hydrogen (secondary N) is 2. The van der Waals surface area contributed by atoms with E-state index in [4.69, 9.17) is 11.1 Å². The lowest BCUT2D eigenvalue weighted by Crippen LogP contribution is -2.57. The second kappa shape index (κ2) is 8.87. The highest BCUT2D eigenvalue weighted by Gasteiger charge is 2.58. The molecular formula is C23H31N7O5. The van der Waals surface area contributed by atoms with Gasteiger partial charge < -0.3 is 15.7 Å². The summed E-state index contributed by atoms with van der Waals surface area (Å²) in [5, 5.41) is 30.7. The maximum absolute atomic E-state index is 13.2. The summed E-state index contributed by atoms with van der Waals surface area (Å²) in [5.41, 5.74) is 1.90. The van der Waals surface area contributed by atoms with Crippen LogP contribution in [0.5, 0.6) is 5.88 Å². The fourth-order valence-corrected chi connectivity index (χ4v) is 5.58. The third kappa shape index (κ3) is 3.79. The molecule has 2 heterocycles. The number of nitrogens with zero attached hydrogens (tertiary/aromatic N) is 4. The third-order valence-electron chi connectivity index (χ3n) is 7.91. The van der Waals surface area contributed by atoms with Crippen molar-refractivity contribution in [1.82, 2.24) is 19.4 Å². The van der Waals surface area contributed by atoms with Crippen molar-refractivity contribution in [3.8, 4) is 11.9 Å². The Kier molecular flexibility index (Phi) is 6.21. The molecule has 35 heavy (non-hydrogen) atoms. The summed E-state index contributed by atoms with van der Waals surface area (Å²) in [6, 6.07) is 1.32. The average molecular weight is 486 g/mol. The number of urea groups is 1. The van der Waals surface area contributed by atoms with Gasteiger partial charge in [-0.25, -0.2) is 9.59 Å². The lowest BCUT2D eigenvalue weighted by molar-refractivity contribution is -0.131. The molecule has 0 bridgehead atoms. The van der Waals surface area contributed by atoms with Gasteiger partial charge in [0.05, 0.1) is 11.5 Å². The number of hydrogen-bond acceptors (Lipinski definition) is 7. The number of rotatable bonds is 7. The molecule has 5 N–H and O–H groups in total. The van der Waals surface area contributed by atoms with Gasteiger partial charge in [0, 0.05) is 19.1 Å². The molecule has 0 atom stereocenters. The van der Waals surface area contributed by atoms with Gasteiger partial charge in [0.25, 0.3) is 11.5 Å². The quantitative estimate of drug-likeness (QED) is 0.251. The van der Waals surface area contributed by atoms with E-state index in [0.29, 0.717) is 44.9 Å². The summed E-state index contributed by atoms with van der Waals surface area (Å²) in [7, 11) is 0. The first-order valence-electron chi connectivity index (χ1n) is 12.1. The van der Waals surface area contributed by atoms with Crippen LogP contribution in [0.4, 0.5) is 4.79 Å². The van der Waals surface area contributed by atoms with E-state index in [2.05, 4.69) is 11.4 Å². The van der Waals surface area contributed by atoms with Gasteiger partial charge in [-0.15, -0.1) is 0 Å². The van der Waals surface area contributed by atoms with Crippen LogP contribution in [0, 0.1) is 22.2 Å². The van der Waals surface area contributed by atoms with Crippen molar-refractivity contribution in [2.24, 2.45) is 11.1 Å². The first kappa shape index (κ1) is 24.5. The lowest BCUT2D eigenvalue weighted by atomic mass is 9.70. The van der Waals surface area contributed by atoms with Crippen LogP contribution in [0.25, 0.3) is 0 Å². The van der Waals surface area contributed by atoms with E-state index in [9.17, 15) is 29.5 Å². The number of aromatic nitrogens is 2. The smallest absolute Gasteiger partial charge is 0.334 e. The molecule has 1 aromatic heterocycles. The van der Waals surface area contributed by atoms with Crippen LogP contribution in [0.3, 0.4) is 0 Å². The molecule has 4 rings (SSSR count). The molecule has 12 heteroatoms. The number of carbonyl (C=O) groups excluding carboxylic acids is 2. The predicted octanol–water partition coefficient (Wildman–Crippen LogP) is 0.899. The van der Waals surface area contributed by atoms with Gasteiger partial charge in [0.1, 0.15) is 16.9 Å². The second-order valence-corrected chi connectivity index (χ2v) is 9.93. The van der Waals surface area contributed by atoms with E-state index in [1.165, 1.54) is 4.90 Å². The number of hydrogen-bond donors (Lipinski definition) is 4. The maximum Gasteiger partial charge on any atom is 0.334 e. The van der Waals surface area contributed by atoms with Crippen molar-refractivity contribution in [1.29, 1.82) is 10.7 Å². The summed E-state index contributed by atoms with van der Waals surface area (Å²) in [4.78, 5) is 52.7. The van der Waals surface area contributed by atoms with Crippen molar-refractivity contribution in [3.05, 3.63) is 26.4 Å². The number of amidine groups is 1. The SMILES string of the molecule is CCCCn1c(O)c(C(=N)N)c(=O)n(C2CCC(C#N)(CN3C(=O)NC(=O)C34CCC4)CC2)c1=O. The standard InChI is InChI=1S/C23H31N7O5/c1-2-3-11-28-17(31)15(16(25)26)18(32)30(21(28)35)14-5-9-22(12-24,10-6-14)13-29-20(34)27-19(33)23(29)7-4-8-23/h14,31H,2-11,13H2,1H3,(H3,25,26)(H,27,33,34). The van der Waals surface area contributed by atoms with Gasteiger partial charge in [0.2, 0.25) is 5.88 Å². The molecule has 1 aromatic rings. The average Bonchev–Trinajstić information content (AvgIpc) is 3.03. The Hall–Kier alpha value is -3.62. The van der Waals surface area contributed by atoms with Crippen LogP contribution in [-0.4, -0.2) is 49.0 Å². The van der Waals surface area contributed by atoms with E-state index >= 15 is 0 Å². The summed E-state index contributed by atoms with van der Waals surface area (Å²) >= 11 is 0. The molecule has 12 nitrogen and oxygen atoms in total. The molecule has 1 saturated heterocycles. The molecule has 2 saturated carbocycles. The molecule has 0 unspecified atom stereocenters. The Balaban J connectivity index is 1.62. The molecule has 3 aliphatic rings. The Morgan fingerprint density at radius 1 is 1.23 bits per heavy atom. The minimum absolute atomic E-state index is 0.109. The number of carbonyl (C=O) groups is 2. The molecule has 2 aliphatic carbocycles. The Labute approximate surface area is 201 Å². The molecule has 188 valence electrons. The second-order valence-electron chi connectivity index (χ2n) is 9.93. The van der Waals surface area contributed by atoms with E-state index in [1.54, 1.807) is 0 Å². The minimum Gasteiger partial charge on any atom is -0.494 e. The molecule has 3 fully saturated rings.